The van der Waals surface area contributed by atoms with Gasteiger partial charge in [0.05, 0.1) is 25.6 Å². The summed E-state index contributed by atoms with van der Waals surface area (Å²) in [6, 6.07) is 11.0. The number of carbonyl (C=O) groups excluding carboxylic acids is 1. The molecule has 0 fully saturated rings. The predicted molar refractivity (Wildman–Crippen MR) is 86.1 cm³/mol. The maximum Gasteiger partial charge on any atom is 0.248 e. The number of hydrogen-bond acceptors (Lipinski definition) is 4. The van der Waals surface area contributed by atoms with E-state index in [1.54, 1.807) is 31.5 Å². The number of amides is 1. The molecule has 5 heteroatoms. The molecule has 0 aliphatic carbocycles. The second-order valence-electron chi connectivity index (χ2n) is 4.38. The van der Waals surface area contributed by atoms with Crippen LogP contribution in [0, 0.1) is 0 Å². The largest absolute Gasteiger partial charge is 0.493 e. The Morgan fingerprint density at radius 1 is 1.27 bits per heavy atom. The standard InChI is InChI=1S/C17H18N2O3/c1-3-22-15-7-5-4-6-13(15)8-10-16(20)19-14-9-11-17(21-2)18-12-14/h4-12H,3H2,1-2H3,(H,19,20)/b10-8+. The van der Waals surface area contributed by atoms with Crippen LogP contribution in [0.15, 0.2) is 48.7 Å². The van der Waals surface area contributed by atoms with Gasteiger partial charge in [-0.3, -0.25) is 4.79 Å². The molecule has 0 atom stereocenters. The summed E-state index contributed by atoms with van der Waals surface area (Å²) < 4.78 is 10.5. The number of rotatable bonds is 6. The number of anilines is 1. The highest BCUT2D eigenvalue weighted by molar-refractivity contribution is 6.02. The van der Waals surface area contributed by atoms with Gasteiger partial charge in [-0.1, -0.05) is 18.2 Å². The number of pyridine rings is 1. The first-order valence-corrected chi connectivity index (χ1v) is 6.94. The Morgan fingerprint density at radius 2 is 2.09 bits per heavy atom. The molecule has 0 aliphatic rings. The minimum atomic E-state index is -0.238. The molecule has 1 N–H and O–H groups in total. The first kappa shape index (κ1) is 15.6. The van der Waals surface area contributed by atoms with Gasteiger partial charge in [0.15, 0.2) is 0 Å². The minimum absolute atomic E-state index is 0.238. The summed E-state index contributed by atoms with van der Waals surface area (Å²) in [5.41, 5.74) is 1.46. The van der Waals surface area contributed by atoms with Gasteiger partial charge >= 0.3 is 0 Å². The van der Waals surface area contributed by atoms with Crippen LogP contribution in [0.5, 0.6) is 11.6 Å². The molecule has 114 valence electrons. The normalized spacial score (nSPS) is 10.5. The first-order chi connectivity index (χ1) is 10.7. The molecule has 1 heterocycles. The summed E-state index contributed by atoms with van der Waals surface area (Å²) in [5, 5.41) is 2.73. The van der Waals surface area contributed by atoms with Crippen LogP contribution in [-0.4, -0.2) is 24.6 Å². The molecule has 1 amide bonds. The zero-order valence-corrected chi connectivity index (χ0v) is 12.6. The van der Waals surface area contributed by atoms with E-state index in [1.165, 1.54) is 6.08 Å². The number of hydrogen-bond donors (Lipinski definition) is 1. The van der Waals surface area contributed by atoms with Crippen LogP contribution < -0.4 is 14.8 Å². The number of nitrogens with zero attached hydrogens (tertiary/aromatic N) is 1. The number of para-hydroxylation sites is 1. The molecule has 0 saturated heterocycles. The van der Waals surface area contributed by atoms with E-state index in [4.69, 9.17) is 9.47 Å². The summed E-state index contributed by atoms with van der Waals surface area (Å²) in [6.45, 7) is 2.50. The number of carbonyl (C=O) groups is 1. The average molecular weight is 298 g/mol. The summed E-state index contributed by atoms with van der Waals surface area (Å²) >= 11 is 0. The number of methoxy groups -OCH3 is 1. The van der Waals surface area contributed by atoms with Gasteiger partial charge in [0.1, 0.15) is 5.75 Å². The van der Waals surface area contributed by atoms with E-state index in [-0.39, 0.29) is 5.91 Å². The highest BCUT2D eigenvalue weighted by atomic mass is 16.5. The second kappa shape index (κ2) is 7.83. The van der Waals surface area contributed by atoms with E-state index in [9.17, 15) is 4.79 Å². The number of ether oxygens (including phenoxy) is 2. The summed E-state index contributed by atoms with van der Waals surface area (Å²) in [4.78, 5) is 15.9. The van der Waals surface area contributed by atoms with Crippen molar-refractivity contribution >= 4 is 17.7 Å². The molecular weight excluding hydrogens is 280 g/mol. The zero-order chi connectivity index (χ0) is 15.8. The third-order valence-electron chi connectivity index (χ3n) is 2.85. The lowest BCUT2D eigenvalue weighted by atomic mass is 10.2. The third-order valence-corrected chi connectivity index (χ3v) is 2.85. The second-order valence-corrected chi connectivity index (χ2v) is 4.38. The Morgan fingerprint density at radius 3 is 2.77 bits per heavy atom. The molecule has 0 bridgehead atoms. The Kier molecular flexibility index (Phi) is 5.54. The molecule has 1 aromatic heterocycles. The SMILES string of the molecule is CCOc1ccccc1/C=C/C(=O)Nc1ccc(OC)nc1. The van der Waals surface area contributed by atoms with Crippen LogP contribution in [0.2, 0.25) is 0 Å². The van der Waals surface area contributed by atoms with Gasteiger partial charge in [0.2, 0.25) is 11.8 Å². The van der Waals surface area contributed by atoms with Gasteiger partial charge in [-0.05, 0) is 25.1 Å². The van der Waals surface area contributed by atoms with Gasteiger partial charge in [-0.25, -0.2) is 4.98 Å². The van der Waals surface area contributed by atoms with Gasteiger partial charge in [-0.15, -0.1) is 0 Å². The zero-order valence-electron chi connectivity index (χ0n) is 12.6. The highest BCUT2D eigenvalue weighted by Gasteiger charge is 2.02. The monoisotopic (exact) mass is 298 g/mol. The van der Waals surface area contributed by atoms with E-state index in [1.807, 2.05) is 31.2 Å². The first-order valence-electron chi connectivity index (χ1n) is 6.94. The molecule has 0 radical (unpaired) electrons. The molecule has 2 aromatic rings. The maximum atomic E-state index is 11.9. The van der Waals surface area contributed by atoms with Crippen molar-refractivity contribution in [1.82, 2.24) is 4.98 Å². The van der Waals surface area contributed by atoms with Crippen molar-refractivity contribution in [3.63, 3.8) is 0 Å². The van der Waals surface area contributed by atoms with E-state index >= 15 is 0 Å². The van der Waals surface area contributed by atoms with Crippen molar-refractivity contribution in [3.05, 3.63) is 54.2 Å². The van der Waals surface area contributed by atoms with Gasteiger partial charge in [0, 0.05) is 17.7 Å². The molecule has 0 aliphatic heterocycles. The summed E-state index contributed by atoms with van der Waals surface area (Å²) in [7, 11) is 1.54. The van der Waals surface area contributed by atoms with Gasteiger partial charge in [0.25, 0.3) is 0 Å². The topological polar surface area (TPSA) is 60.5 Å². The van der Waals surface area contributed by atoms with Gasteiger partial charge < -0.3 is 14.8 Å². The van der Waals surface area contributed by atoms with Crippen molar-refractivity contribution in [2.24, 2.45) is 0 Å². The Labute approximate surface area is 129 Å². The lowest BCUT2D eigenvalue weighted by Crippen LogP contribution is -2.08. The quantitative estimate of drug-likeness (QED) is 0.832. The molecular formula is C17H18N2O3. The highest BCUT2D eigenvalue weighted by Crippen LogP contribution is 2.19. The number of aromatic nitrogens is 1. The molecule has 0 saturated carbocycles. The molecule has 22 heavy (non-hydrogen) atoms. The van der Waals surface area contributed by atoms with Crippen molar-refractivity contribution in [2.75, 3.05) is 19.0 Å². The van der Waals surface area contributed by atoms with Crippen molar-refractivity contribution in [1.29, 1.82) is 0 Å². The molecule has 0 unspecified atom stereocenters. The fourth-order valence-electron chi connectivity index (χ4n) is 1.83. The van der Waals surface area contributed by atoms with Crippen LogP contribution in [0.25, 0.3) is 6.08 Å². The van der Waals surface area contributed by atoms with Crippen molar-refractivity contribution < 1.29 is 14.3 Å². The van der Waals surface area contributed by atoms with Gasteiger partial charge in [-0.2, -0.15) is 0 Å². The lowest BCUT2D eigenvalue weighted by Gasteiger charge is -2.06. The average Bonchev–Trinajstić information content (AvgIpc) is 2.55. The molecule has 2 rings (SSSR count). The maximum absolute atomic E-state index is 11.9. The smallest absolute Gasteiger partial charge is 0.248 e. The van der Waals surface area contributed by atoms with Crippen LogP contribution in [0.1, 0.15) is 12.5 Å². The van der Waals surface area contributed by atoms with Crippen LogP contribution >= 0.6 is 0 Å². The number of nitrogens with one attached hydrogen (secondary N) is 1. The van der Waals surface area contributed by atoms with E-state index in [2.05, 4.69) is 10.3 Å². The fourth-order valence-corrected chi connectivity index (χ4v) is 1.83. The number of benzene rings is 1. The van der Waals surface area contributed by atoms with E-state index in [0.717, 1.165) is 11.3 Å². The van der Waals surface area contributed by atoms with Crippen LogP contribution in [-0.2, 0) is 4.79 Å². The Hall–Kier alpha value is -2.82. The molecule has 5 nitrogen and oxygen atoms in total. The van der Waals surface area contributed by atoms with Crippen molar-refractivity contribution in [2.45, 2.75) is 6.92 Å². The lowest BCUT2D eigenvalue weighted by molar-refractivity contribution is -0.111. The fraction of sp³-hybridized carbons (Fsp3) is 0.176. The summed E-state index contributed by atoms with van der Waals surface area (Å²) in [6.07, 6.45) is 4.72. The molecule has 1 aromatic carbocycles. The predicted octanol–water partition coefficient (Wildman–Crippen LogP) is 3.14. The Balaban J connectivity index is 2.01. The van der Waals surface area contributed by atoms with E-state index < -0.39 is 0 Å². The molecule has 0 spiro atoms. The Bertz CT molecular complexity index is 651. The summed E-state index contributed by atoms with van der Waals surface area (Å²) in [5.74, 6) is 1.01. The van der Waals surface area contributed by atoms with Crippen LogP contribution in [0.3, 0.4) is 0 Å². The van der Waals surface area contributed by atoms with Crippen molar-refractivity contribution in [3.8, 4) is 11.6 Å². The third kappa shape index (κ3) is 4.34. The van der Waals surface area contributed by atoms with E-state index in [0.29, 0.717) is 18.2 Å². The van der Waals surface area contributed by atoms with Crippen LogP contribution in [0.4, 0.5) is 5.69 Å². The minimum Gasteiger partial charge on any atom is -0.493 e.